The Kier molecular flexibility index (Phi) is 3.64. The van der Waals surface area contributed by atoms with Gasteiger partial charge in [0.1, 0.15) is 11.2 Å². The molecule has 1 aromatic rings. The third-order valence-corrected chi connectivity index (χ3v) is 4.16. The zero-order valence-corrected chi connectivity index (χ0v) is 12.8. The summed E-state index contributed by atoms with van der Waals surface area (Å²) in [5.74, 6) is 0.366. The predicted octanol–water partition coefficient (Wildman–Crippen LogP) is 3.46. The van der Waals surface area contributed by atoms with Gasteiger partial charge >= 0.3 is 0 Å². The molecule has 2 rings (SSSR count). The maximum absolute atomic E-state index is 12.0. The first-order valence-corrected chi connectivity index (χ1v) is 6.87. The Hall–Kier alpha value is -1.06. The van der Waals surface area contributed by atoms with Crippen LogP contribution in [0.5, 0.6) is 5.75 Å². The third-order valence-electron chi connectivity index (χ3n) is 2.89. The number of carbonyl (C=O) groups excluding carboxylic acids is 1. The second-order valence-electron chi connectivity index (χ2n) is 4.11. The lowest BCUT2D eigenvalue weighted by atomic mass is 10.1. The first-order chi connectivity index (χ1) is 8.52. The van der Waals surface area contributed by atoms with E-state index in [2.05, 4.69) is 43.2 Å². The highest BCUT2D eigenvalue weighted by atomic mass is 79.9. The van der Waals surface area contributed by atoms with Crippen molar-refractivity contribution in [2.24, 2.45) is 5.41 Å². The number of nitriles is 1. The van der Waals surface area contributed by atoms with Gasteiger partial charge in [-0.05, 0) is 50.8 Å². The lowest BCUT2D eigenvalue weighted by molar-refractivity contribution is -0.119. The van der Waals surface area contributed by atoms with Gasteiger partial charge in [0.05, 0.1) is 23.3 Å². The first kappa shape index (κ1) is 13.4. The fourth-order valence-corrected chi connectivity index (χ4v) is 2.79. The quantitative estimate of drug-likeness (QED) is 0.882. The summed E-state index contributed by atoms with van der Waals surface area (Å²) in [4.78, 5) is 12.0. The highest BCUT2D eigenvalue weighted by Gasteiger charge is 2.50. The summed E-state index contributed by atoms with van der Waals surface area (Å²) in [6, 6.07) is 5.56. The lowest BCUT2D eigenvalue weighted by Crippen LogP contribution is -2.22. The van der Waals surface area contributed by atoms with Crippen LogP contribution in [0.3, 0.4) is 0 Å². The van der Waals surface area contributed by atoms with Crippen LogP contribution in [0.15, 0.2) is 21.1 Å². The fourth-order valence-electron chi connectivity index (χ4n) is 1.54. The molecular formula is C12H10Br2N2O2. The number of amides is 1. The molecule has 1 fully saturated rings. The second kappa shape index (κ2) is 4.90. The summed E-state index contributed by atoms with van der Waals surface area (Å²) >= 11 is 6.72. The number of ether oxygens (including phenoxy) is 1. The van der Waals surface area contributed by atoms with Crippen LogP contribution in [0.2, 0.25) is 0 Å². The van der Waals surface area contributed by atoms with Gasteiger partial charge in [-0.2, -0.15) is 5.26 Å². The summed E-state index contributed by atoms with van der Waals surface area (Å²) in [6.45, 7) is 0. The smallest absolute Gasteiger partial charge is 0.244 e. The summed E-state index contributed by atoms with van der Waals surface area (Å²) in [6.07, 6.45) is 1.25. The molecule has 0 bridgehead atoms. The number of halogens is 2. The van der Waals surface area contributed by atoms with Crippen molar-refractivity contribution in [1.29, 1.82) is 5.26 Å². The van der Waals surface area contributed by atoms with E-state index in [0.717, 1.165) is 8.95 Å². The molecule has 1 amide bonds. The van der Waals surface area contributed by atoms with E-state index in [0.29, 0.717) is 24.3 Å². The van der Waals surface area contributed by atoms with Gasteiger partial charge in [-0.15, -0.1) is 0 Å². The minimum absolute atomic E-state index is 0.255. The maximum Gasteiger partial charge on any atom is 0.244 e. The second-order valence-corrected chi connectivity index (χ2v) is 5.82. The number of nitrogens with zero attached hydrogens (tertiary/aromatic N) is 1. The standard InChI is InChI=1S/C12H10Br2N2O2/c1-18-10-5-9(7(13)4-8(10)14)16-11(17)12(6-15)2-3-12/h4-5H,2-3H2,1H3,(H,16,17). The summed E-state index contributed by atoms with van der Waals surface area (Å²) in [5, 5.41) is 11.7. The minimum Gasteiger partial charge on any atom is -0.495 e. The number of hydrogen-bond acceptors (Lipinski definition) is 3. The molecule has 0 atom stereocenters. The molecule has 0 spiro atoms. The first-order valence-electron chi connectivity index (χ1n) is 5.28. The van der Waals surface area contributed by atoms with Gasteiger partial charge in [0, 0.05) is 10.5 Å². The molecule has 0 aromatic heterocycles. The lowest BCUT2D eigenvalue weighted by Gasteiger charge is -2.12. The van der Waals surface area contributed by atoms with Crippen LogP contribution >= 0.6 is 31.9 Å². The van der Waals surface area contributed by atoms with Gasteiger partial charge in [-0.25, -0.2) is 0 Å². The average Bonchev–Trinajstić information content (AvgIpc) is 3.13. The molecule has 1 aromatic carbocycles. The van der Waals surface area contributed by atoms with E-state index in [1.54, 1.807) is 19.2 Å². The third kappa shape index (κ3) is 2.38. The number of carbonyl (C=O) groups is 1. The Morgan fingerprint density at radius 1 is 1.44 bits per heavy atom. The van der Waals surface area contributed by atoms with E-state index in [1.807, 2.05) is 0 Å². The minimum atomic E-state index is -0.834. The van der Waals surface area contributed by atoms with E-state index < -0.39 is 5.41 Å². The highest BCUT2D eigenvalue weighted by molar-refractivity contribution is 9.11. The van der Waals surface area contributed by atoms with Crippen molar-refractivity contribution in [2.75, 3.05) is 12.4 Å². The van der Waals surface area contributed by atoms with E-state index in [1.165, 1.54) is 0 Å². The largest absolute Gasteiger partial charge is 0.495 e. The number of anilines is 1. The Labute approximate surface area is 122 Å². The van der Waals surface area contributed by atoms with Crippen LogP contribution in [-0.2, 0) is 4.79 Å². The molecule has 0 radical (unpaired) electrons. The van der Waals surface area contributed by atoms with Crippen molar-refractivity contribution in [2.45, 2.75) is 12.8 Å². The topological polar surface area (TPSA) is 62.1 Å². The van der Waals surface area contributed by atoms with Crippen LogP contribution < -0.4 is 10.1 Å². The SMILES string of the molecule is COc1cc(NC(=O)C2(C#N)CC2)c(Br)cc1Br. The Bertz CT molecular complexity index is 548. The molecule has 0 heterocycles. The molecule has 94 valence electrons. The number of methoxy groups -OCH3 is 1. The number of hydrogen-bond donors (Lipinski definition) is 1. The number of benzene rings is 1. The van der Waals surface area contributed by atoms with Crippen LogP contribution in [0.25, 0.3) is 0 Å². The van der Waals surface area contributed by atoms with E-state index in [9.17, 15) is 4.79 Å². The Morgan fingerprint density at radius 3 is 2.61 bits per heavy atom. The molecule has 1 aliphatic carbocycles. The molecule has 4 nitrogen and oxygen atoms in total. The number of nitrogens with one attached hydrogen (secondary N) is 1. The molecule has 6 heteroatoms. The molecule has 18 heavy (non-hydrogen) atoms. The van der Waals surface area contributed by atoms with Gasteiger partial charge < -0.3 is 10.1 Å². The monoisotopic (exact) mass is 372 g/mol. The molecule has 1 saturated carbocycles. The molecule has 0 unspecified atom stereocenters. The Morgan fingerprint density at radius 2 is 2.11 bits per heavy atom. The predicted molar refractivity (Wildman–Crippen MR) is 74.3 cm³/mol. The van der Waals surface area contributed by atoms with Gasteiger partial charge in [0.15, 0.2) is 0 Å². The highest BCUT2D eigenvalue weighted by Crippen LogP contribution is 2.46. The van der Waals surface area contributed by atoms with E-state index >= 15 is 0 Å². The van der Waals surface area contributed by atoms with Crippen molar-refractivity contribution in [3.05, 3.63) is 21.1 Å². The van der Waals surface area contributed by atoms with Crippen molar-refractivity contribution in [1.82, 2.24) is 0 Å². The summed E-state index contributed by atoms with van der Waals surface area (Å²) in [7, 11) is 1.55. The number of rotatable bonds is 3. The normalized spacial score (nSPS) is 15.7. The van der Waals surface area contributed by atoms with E-state index in [4.69, 9.17) is 10.00 Å². The molecular weight excluding hydrogens is 364 g/mol. The molecule has 0 saturated heterocycles. The average molecular weight is 374 g/mol. The molecule has 0 aliphatic heterocycles. The zero-order valence-electron chi connectivity index (χ0n) is 9.59. The van der Waals surface area contributed by atoms with Gasteiger partial charge in [0.2, 0.25) is 5.91 Å². The molecule has 1 N–H and O–H groups in total. The van der Waals surface area contributed by atoms with Crippen molar-refractivity contribution in [3.63, 3.8) is 0 Å². The van der Waals surface area contributed by atoms with Crippen LogP contribution in [-0.4, -0.2) is 13.0 Å². The van der Waals surface area contributed by atoms with E-state index in [-0.39, 0.29) is 5.91 Å². The molecule has 1 aliphatic rings. The summed E-state index contributed by atoms with van der Waals surface area (Å²) in [5.41, 5.74) is -0.235. The van der Waals surface area contributed by atoms with Gasteiger partial charge in [0.25, 0.3) is 0 Å². The van der Waals surface area contributed by atoms with Crippen molar-refractivity contribution >= 4 is 43.5 Å². The van der Waals surface area contributed by atoms with Crippen LogP contribution in [0.4, 0.5) is 5.69 Å². The van der Waals surface area contributed by atoms with Crippen molar-refractivity contribution < 1.29 is 9.53 Å². The van der Waals surface area contributed by atoms with Gasteiger partial charge in [-0.1, -0.05) is 0 Å². The van der Waals surface area contributed by atoms with Gasteiger partial charge in [-0.3, -0.25) is 4.79 Å². The fraction of sp³-hybridized carbons (Fsp3) is 0.333. The van der Waals surface area contributed by atoms with Crippen LogP contribution in [0.1, 0.15) is 12.8 Å². The Balaban J connectivity index is 2.25. The van der Waals surface area contributed by atoms with Crippen molar-refractivity contribution in [3.8, 4) is 11.8 Å². The summed E-state index contributed by atoms with van der Waals surface area (Å²) < 4.78 is 6.69. The maximum atomic E-state index is 12.0. The van der Waals surface area contributed by atoms with Crippen LogP contribution in [0, 0.1) is 16.7 Å². The zero-order chi connectivity index (χ0) is 13.3.